The number of aromatic hydroxyl groups is 1. The summed E-state index contributed by atoms with van der Waals surface area (Å²) in [6.07, 6.45) is 0. The van der Waals surface area contributed by atoms with Gasteiger partial charge in [0.1, 0.15) is 5.75 Å². The number of nitrogens with one attached hydrogen (secondary N) is 2. The quantitative estimate of drug-likeness (QED) is 0.302. The van der Waals surface area contributed by atoms with E-state index in [-0.39, 0.29) is 27.7 Å². The fraction of sp³-hybridized carbons (Fsp3) is 0.120. The van der Waals surface area contributed by atoms with Crippen LogP contribution in [0.25, 0.3) is 0 Å². The number of hydrogen-bond acceptors (Lipinski definition) is 5. The molecule has 0 bridgehead atoms. The lowest BCUT2D eigenvalue weighted by Gasteiger charge is -2.36. The van der Waals surface area contributed by atoms with E-state index in [2.05, 4.69) is 10.3 Å². The highest BCUT2D eigenvalue weighted by Crippen LogP contribution is 2.55. The van der Waals surface area contributed by atoms with Crippen LogP contribution in [0.2, 0.25) is 5.02 Å². The van der Waals surface area contributed by atoms with Crippen molar-refractivity contribution in [2.45, 2.75) is 16.2 Å². The minimum absolute atomic E-state index is 0.129. The number of thioether (sulfide) groups is 1. The van der Waals surface area contributed by atoms with Gasteiger partial charge in [0.15, 0.2) is 0 Å². The van der Waals surface area contributed by atoms with Gasteiger partial charge in [0.25, 0.3) is 0 Å². The van der Waals surface area contributed by atoms with E-state index in [4.69, 9.17) is 11.6 Å². The molecule has 5 rings (SSSR count). The molecule has 0 saturated carbocycles. The number of aromatic amines is 1. The predicted octanol–water partition coefficient (Wildman–Crippen LogP) is 6.03. The molecule has 5 nitrogen and oxygen atoms in total. The minimum Gasteiger partial charge on any atom is -0.508 e. The van der Waals surface area contributed by atoms with Crippen LogP contribution in [0.15, 0.2) is 88.7 Å². The molecule has 166 valence electrons. The van der Waals surface area contributed by atoms with E-state index < -0.39 is 5.92 Å². The molecule has 2 heterocycles. The maximum atomic E-state index is 13.8. The summed E-state index contributed by atoms with van der Waals surface area (Å²) in [5.74, 6) is -0.853. The molecular formula is C25H19ClN2O3S2. The molecule has 0 fully saturated rings. The third-order valence-corrected chi connectivity index (χ3v) is 8.37. The van der Waals surface area contributed by atoms with Gasteiger partial charge in [-0.15, -0.1) is 0 Å². The lowest BCUT2D eigenvalue weighted by molar-refractivity contribution is -0.120. The maximum Gasteiger partial charge on any atom is 0.305 e. The average Bonchev–Trinajstić information content (AvgIpc) is 3.20. The van der Waals surface area contributed by atoms with E-state index in [0.29, 0.717) is 10.7 Å². The van der Waals surface area contributed by atoms with Crippen LogP contribution in [0, 0.1) is 5.92 Å². The summed E-state index contributed by atoms with van der Waals surface area (Å²) < 4.78 is 0. The van der Waals surface area contributed by atoms with Crippen molar-refractivity contribution in [2.24, 2.45) is 5.92 Å². The van der Waals surface area contributed by atoms with Crippen LogP contribution in [0.1, 0.15) is 27.2 Å². The Balaban J connectivity index is 1.64. The Kier molecular flexibility index (Phi) is 6.01. The summed E-state index contributed by atoms with van der Waals surface area (Å²) in [6, 6.07) is 23.7. The topological polar surface area (TPSA) is 82.2 Å². The largest absolute Gasteiger partial charge is 0.508 e. The van der Waals surface area contributed by atoms with E-state index in [1.807, 2.05) is 42.5 Å². The molecule has 3 atom stereocenters. The van der Waals surface area contributed by atoms with E-state index in [1.54, 1.807) is 24.3 Å². The number of fused-ring (bicyclic) bond motifs is 1. The van der Waals surface area contributed by atoms with Gasteiger partial charge in [-0.3, -0.25) is 9.59 Å². The van der Waals surface area contributed by atoms with Gasteiger partial charge in [-0.25, -0.2) is 0 Å². The van der Waals surface area contributed by atoms with Crippen molar-refractivity contribution >= 4 is 46.3 Å². The summed E-state index contributed by atoms with van der Waals surface area (Å²) in [6.45, 7) is 0. The number of phenolic OH excluding ortho intramolecular Hbond substituents is 1. The molecule has 1 aliphatic rings. The van der Waals surface area contributed by atoms with Gasteiger partial charge in [0.2, 0.25) is 5.91 Å². The van der Waals surface area contributed by atoms with Gasteiger partial charge in [-0.2, -0.15) is 0 Å². The molecule has 0 unspecified atom stereocenters. The smallest absolute Gasteiger partial charge is 0.305 e. The fourth-order valence-electron chi connectivity index (χ4n) is 4.16. The number of amides is 1. The standard InChI is InChI=1S/C25H19ClN2O3S2/c26-16-8-6-14(7-9-16)19-20(23(30)27-17-10-12-18(29)13-11-17)21(15-4-2-1-3-5-15)32-24-22(19)33-25(31)28-24/h1-13,19-21,29H,(H,27,30)(H,28,31)/t19-,20-,21+/m1/s1. The Morgan fingerprint density at radius 3 is 2.33 bits per heavy atom. The molecule has 4 aromatic rings. The molecule has 8 heteroatoms. The fourth-order valence-corrected chi connectivity index (χ4v) is 6.90. The van der Waals surface area contributed by atoms with Crippen molar-refractivity contribution in [3.8, 4) is 5.75 Å². The van der Waals surface area contributed by atoms with Crippen LogP contribution in [0.3, 0.4) is 0 Å². The molecule has 0 aliphatic carbocycles. The van der Waals surface area contributed by atoms with Gasteiger partial charge in [-0.05, 0) is 47.5 Å². The van der Waals surface area contributed by atoms with Gasteiger partial charge in [-0.1, -0.05) is 77.2 Å². The number of carbonyl (C=O) groups excluding carboxylic acids is 1. The number of anilines is 1. The zero-order valence-corrected chi connectivity index (χ0v) is 19.6. The highest BCUT2D eigenvalue weighted by atomic mass is 35.5. The Hall–Kier alpha value is -3.00. The summed E-state index contributed by atoms with van der Waals surface area (Å²) in [5.41, 5.74) is 2.52. The minimum atomic E-state index is -0.494. The van der Waals surface area contributed by atoms with Crippen LogP contribution in [-0.2, 0) is 4.79 Å². The summed E-state index contributed by atoms with van der Waals surface area (Å²) in [5, 5.41) is 13.8. The van der Waals surface area contributed by atoms with Crippen LogP contribution < -0.4 is 10.2 Å². The van der Waals surface area contributed by atoms with Crippen LogP contribution in [0.5, 0.6) is 5.75 Å². The first kappa shape index (κ1) is 21.8. The molecule has 3 aromatic carbocycles. The number of carbonyl (C=O) groups is 1. The maximum absolute atomic E-state index is 13.8. The Morgan fingerprint density at radius 1 is 0.939 bits per heavy atom. The summed E-state index contributed by atoms with van der Waals surface area (Å²) in [4.78, 5) is 29.8. The van der Waals surface area contributed by atoms with Crippen molar-refractivity contribution in [1.82, 2.24) is 4.98 Å². The highest BCUT2D eigenvalue weighted by molar-refractivity contribution is 7.99. The molecule has 1 aromatic heterocycles. The molecule has 3 N–H and O–H groups in total. The second kappa shape index (κ2) is 9.09. The highest BCUT2D eigenvalue weighted by Gasteiger charge is 2.45. The van der Waals surface area contributed by atoms with Gasteiger partial charge >= 0.3 is 4.87 Å². The summed E-state index contributed by atoms with van der Waals surface area (Å²) >= 11 is 8.80. The molecular weight excluding hydrogens is 476 g/mol. The van der Waals surface area contributed by atoms with Crippen molar-refractivity contribution in [3.63, 3.8) is 0 Å². The molecule has 0 radical (unpaired) electrons. The van der Waals surface area contributed by atoms with E-state index in [1.165, 1.54) is 23.9 Å². The number of rotatable bonds is 4. The van der Waals surface area contributed by atoms with E-state index >= 15 is 0 Å². The zero-order valence-electron chi connectivity index (χ0n) is 17.2. The van der Waals surface area contributed by atoms with Gasteiger partial charge in [0, 0.05) is 26.8 Å². The monoisotopic (exact) mass is 494 g/mol. The lowest BCUT2D eigenvalue weighted by atomic mass is 9.79. The SMILES string of the molecule is O=C(Nc1ccc(O)cc1)[C@@H]1[C@@H](c2ccc(Cl)cc2)c2sc(=O)[nH]c2S[C@H]1c1ccccc1. The van der Waals surface area contributed by atoms with E-state index in [9.17, 15) is 14.7 Å². The van der Waals surface area contributed by atoms with Crippen LogP contribution >= 0.6 is 34.7 Å². The zero-order chi connectivity index (χ0) is 22.9. The number of H-pyrrole nitrogens is 1. The first-order valence-electron chi connectivity index (χ1n) is 10.3. The van der Waals surface area contributed by atoms with Crippen molar-refractivity contribution < 1.29 is 9.90 Å². The van der Waals surface area contributed by atoms with Crippen molar-refractivity contribution in [2.75, 3.05) is 5.32 Å². The molecule has 0 saturated heterocycles. The Morgan fingerprint density at radius 2 is 1.64 bits per heavy atom. The second-order valence-electron chi connectivity index (χ2n) is 7.75. The number of phenols is 1. The average molecular weight is 495 g/mol. The molecule has 1 amide bonds. The third kappa shape index (κ3) is 4.44. The second-order valence-corrected chi connectivity index (χ2v) is 10.4. The first-order chi connectivity index (χ1) is 16.0. The predicted molar refractivity (Wildman–Crippen MR) is 134 cm³/mol. The molecule has 1 aliphatic heterocycles. The normalized spacial score (nSPS) is 19.6. The van der Waals surface area contributed by atoms with E-state index in [0.717, 1.165) is 32.4 Å². The molecule has 0 spiro atoms. The Labute approximate surface area is 203 Å². The number of aromatic nitrogens is 1. The lowest BCUT2D eigenvalue weighted by Crippen LogP contribution is -2.34. The number of halogens is 1. The van der Waals surface area contributed by atoms with Crippen molar-refractivity contribution in [1.29, 1.82) is 0 Å². The van der Waals surface area contributed by atoms with Crippen LogP contribution in [0.4, 0.5) is 5.69 Å². The molecule has 33 heavy (non-hydrogen) atoms. The number of hydrogen-bond donors (Lipinski definition) is 3. The first-order valence-corrected chi connectivity index (χ1v) is 12.4. The van der Waals surface area contributed by atoms with Crippen molar-refractivity contribution in [3.05, 3.63) is 110 Å². The van der Waals surface area contributed by atoms with Gasteiger partial charge < -0.3 is 15.4 Å². The van der Waals surface area contributed by atoms with Crippen LogP contribution in [-0.4, -0.2) is 16.0 Å². The van der Waals surface area contributed by atoms with Gasteiger partial charge in [0.05, 0.1) is 10.9 Å². The summed E-state index contributed by atoms with van der Waals surface area (Å²) in [7, 11) is 0. The third-order valence-electron chi connectivity index (χ3n) is 5.65. The number of thiazole rings is 1. The number of benzene rings is 3. The Bertz CT molecular complexity index is 1330.